The molecule has 0 saturated carbocycles. The zero-order valence-electron chi connectivity index (χ0n) is 3.12. The van der Waals surface area contributed by atoms with Gasteiger partial charge in [-0.1, -0.05) is 0 Å². The Bertz CT molecular complexity index is 104. The fraction of sp³-hybridized carbons (Fsp3) is 0. The van der Waals surface area contributed by atoms with E-state index < -0.39 is 13.4 Å². The molecule has 9 heteroatoms. The summed E-state index contributed by atoms with van der Waals surface area (Å²) in [6.07, 6.45) is 0. The quantitative estimate of drug-likeness (QED) is 0.518. The van der Waals surface area contributed by atoms with E-state index in [1.54, 1.807) is 0 Å². The molecule has 0 aromatic rings. The summed E-state index contributed by atoms with van der Waals surface area (Å²) in [7, 11) is 0. The first-order chi connectivity index (χ1) is 2.00. The van der Waals surface area contributed by atoms with Gasteiger partial charge >= 0.3 is 48.3 Å². The van der Waals surface area contributed by atoms with Crippen molar-refractivity contribution >= 4 is 18.9 Å². The van der Waals surface area contributed by atoms with E-state index in [4.69, 9.17) is 16.0 Å². The Morgan fingerprint density at radius 3 is 1.11 bits per heavy atom. The van der Waals surface area contributed by atoms with E-state index >= 15 is 0 Å². The van der Waals surface area contributed by atoms with Crippen LogP contribution in [0.25, 0.3) is 0 Å². The Hall–Kier alpha value is 1.57. The van der Waals surface area contributed by atoms with Gasteiger partial charge in [-0.15, -0.1) is 0 Å². The van der Waals surface area contributed by atoms with Crippen molar-refractivity contribution in [2.45, 2.75) is 0 Å². The Morgan fingerprint density at radius 2 is 1.11 bits per heavy atom. The van der Waals surface area contributed by atoms with Gasteiger partial charge in [0.15, 0.2) is 0 Å². The van der Waals surface area contributed by atoms with Gasteiger partial charge < -0.3 is 0 Å². The molecule has 0 bridgehead atoms. The summed E-state index contributed by atoms with van der Waals surface area (Å²) < 4.78 is 31.8. The van der Waals surface area contributed by atoms with E-state index in [-0.39, 0.29) is 56.8 Å². The molecular formula is H3CoFLiMnNiO4. The molecule has 0 heterocycles. The van der Waals surface area contributed by atoms with Crippen molar-refractivity contribution in [3.05, 3.63) is 0 Å². The van der Waals surface area contributed by atoms with Gasteiger partial charge in [0.2, 0.25) is 0 Å². The van der Waals surface area contributed by atoms with Gasteiger partial charge in [0, 0.05) is 38.0 Å². The SMILES string of the molecule is [Co].[F].[LiH].[Ni].[O]=[Mn](=[O])([OH])[OH]. The average molecular weight is 266 g/mol. The summed E-state index contributed by atoms with van der Waals surface area (Å²) >= 11 is -5.12. The van der Waals surface area contributed by atoms with Crippen LogP contribution in [0.3, 0.4) is 0 Å². The molecule has 0 aromatic carbocycles. The second-order valence-electron chi connectivity index (χ2n) is 0.415. The first-order valence-electron chi connectivity index (χ1n) is 0.647. The normalized spacial score (nSPS) is 6.44. The fourth-order valence-electron chi connectivity index (χ4n) is 0. The molecule has 9 heavy (non-hydrogen) atoms. The number of hydrogen-bond acceptors (Lipinski definition) is 2. The molecule has 2 radical (unpaired) electrons. The number of halogens is 1. The van der Waals surface area contributed by atoms with Gasteiger partial charge in [0.05, 0.1) is 0 Å². The molecule has 0 unspecified atom stereocenters. The molecular weight excluding hydrogens is 262 g/mol. The van der Waals surface area contributed by atoms with Crippen LogP contribution in [0.5, 0.6) is 0 Å². The second kappa shape index (κ2) is 12.3. The van der Waals surface area contributed by atoms with Gasteiger partial charge in [-0.25, -0.2) is 0 Å². The zero-order chi connectivity index (χ0) is 4.50. The van der Waals surface area contributed by atoms with Crippen molar-refractivity contribution in [1.29, 1.82) is 0 Å². The molecule has 0 spiro atoms. The molecule has 0 aliphatic rings. The molecule has 0 aliphatic carbocycles. The van der Waals surface area contributed by atoms with Gasteiger partial charge in [-0.3, -0.25) is 0 Å². The molecule has 0 aromatic heterocycles. The van der Waals surface area contributed by atoms with Crippen LogP contribution in [0, 0.1) is 0 Å². The summed E-state index contributed by atoms with van der Waals surface area (Å²) in [5.74, 6) is 0. The van der Waals surface area contributed by atoms with Gasteiger partial charge in [-0.05, 0) is 0 Å². The molecule has 0 fully saturated rings. The maximum atomic E-state index is 8.80. The van der Waals surface area contributed by atoms with E-state index in [0.29, 0.717) is 0 Å². The molecule has 0 saturated heterocycles. The van der Waals surface area contributed by atoms with E-state index in [1.807, 2.05) is 0 Å². The minimum atomic E-state index is -5.12. The maximum absolute atomic E-state index is 8.80. The predicted molar refractivity (Wildman–Crippen MR) is 14.1 cm³/mol. The van der Waals surface area contributed by atoms with Crippen molar-refractivity contribution in [2.24, 2.45) is 0 Å². The number of rotatable bonds is 0. The van der Waals surface area contributed by atoms with Crippen LogP contribution in [0.2, 0.25) is 0 Å². The van der Waals surface area contributed by atoms with Crippen molar-refractivity contribution in [2.75, 3.05) is 0 Å². The molecule has 0 aliphatic heterocycles. The molecule has 0 atom stereocenters. The summed E-state index contributed by atoms with van der Waals surface area (Å²) in [4.78, 5) is 0. The van der Waals surface area contributed by atoms with E-state index in [2.05, 4.69) is 0 Å². The van der Waals surface area contributed by atoms with Crippen molar-refractivity contribution in [3.8, 4) is 0 Å². The predicted octanol–water partition coefficient (Wildman–Crippen LogP) is -1.59. The van der Waals surface area contributed by atoms with Crippen molar-refractivity contribution in [1.82, 2.24) is 0 Å². The summed E-state index contributed by atoms with van der Waals surface area (Å²) in [6.45, 7) is 0. The Balaban J connectivity index is -0.0000000133. The standard InChI is InChI=1S/Co.F.Li.Mn.Ni.2H2O.2O.H/h;;;;;2*1H2;;;/q;;;+2;;;;;;/p-2. The first kappa shape index (κ1) is 31.2. The Kier molecular flexibility index (Phi) is 42.5. The fourth-order valence-corrected chi connectivity index (χ4v) is 0. The van der Waals surface area contributed by atoms with Crippen molar-refractivity contribution < 1.29 is 67.4 Å². The van der Waals surface area contributed by atoms with Crippen LogP contribution < -0.4 is 0 Å². The van der Waals surface area contributed by atoms with Crippen molar-refractivity contribution in [3.63, 3.8) is 0 Å². The van der Waals surface area contributed by atoms with Gasteiger partial charge in [0.1, 0.15) is 0 Å². The molecule has 0 amide bonds. The molecule has 0 rings (SSSR count). The third kappa shape index (κ3) is 223. The Morgan fingerprint density at radius 1 is 1.11 bits per heavy atom. The number of hydrogen-bond donors (Lipinski definition) is 2. The van der Waals surface area contributed by atoms with E-state index in [1.165, 1.54) is 0 Å². The average Bonchev–Trinajstić information content (AvgIpc) is 0.722. The van der Waals surface area contributed by atoms with Crippen LogP contribution in [0.1, 0.15) is 0 Å². The minimum absolute atomic E-state index is 0. The monoisotopic (exact) mass is 265 g/mol. The first-order valence-corrected chi connectivity index (χ1v) is 2.67. The second-order valence-corrected chi connectivity index (χ2v) is 1.71. The Labute approximate surface area is 85.7 Å². The van der Waals surface area contributed by atoms with Crippen LogP contribution in [-0.2, 0) is 54.3 Å². The molecule has 2 N–H and O–H groups in total. The van der Waals surface area contributed by atoms with E-state index in [0.717, 1.165) is 0 Å². The molecule has 61 valence electrons. The summed E-state index contributed by atoms with van der Waals surface area (Å²) in [6, 6.07) is 0. The topological polar surface area (TPSA) is 74.6 Å². The van der Waals surface area contributed by atoms with Gasteiger partial charge in [0.25, 0.3) is 0 Å². The van der Waals surface area contributed by atoms with Crippen LogP contribution in [-0.4, -0.2) is 27.2 Å². The molecule has 4 nitrogen and oxygen atoms in total. The van der Waals surface area contributed by atoms with Crippen LogP contribution in [0.15, 0.2) is 0 Å². The third-order valence-electron chi connectivity index (χ3n) is 0. The summed E-state index contributed by atoms with van der Waals surface area (Å²) in [5.41, 5.74) is 0. The van der Waals surface area contributed by atoms with Crippen LogP contribution in [0.4, 0.5) is 4.70 Å². The van der Waals surface area contributed by atoms with Gasteiger partial charge in [-0.2, -0.15) is 0 Å². The third-order valence-corrected chi connectivity index (χ3v) is 0. The summed E-state index contributed by atoms with van der Waals surface area (Å²) in [5, 5.41) is 0. The van der Waals surface area contributed by atoms with Crippen LogP contribution >= 0.6 is 0 Å². The van der Waals surface area contributed by atoms with E-state index in [9.17, 15) is 0 Å². The zero-order valence-corrected chi connectivity index (χ0v) is 6.33.